The van der Waals surface area contributed by atoms with Crippen LogP contribution in [0.25, 0.3) is 0 Å². The Hall–Kier alpha value is -2.45. The zero-order valence-corrected chi connectivity index (χ0v) is 13.5. The Labute approximate surface area is 140 Å². The fourth-order valence-electron chi connectivity index (χ4n) is 1.88. The molecule has 3 aromatic rings. The number of anilines is 1. The molecule has 0 aliphatic heterocycles. The van der Waals surface area contributed by atoms with Gasteiger partial charge in [0.1, 0.15) is 0 Å². The molecule has 0 saturated heterocycles. The van der Waals surface area contributed by atoms with E-state index in [4.69, 9.17) is 0 Å². The molecule has 1 N–H and O–H groups in total. The first kappa shape index (κ1) is 15.4. The van der Waals surface area contributed by atoms with E-state index in [1.54, 1.807) is 18.2 Å². The molecule has 6 nitrogen and oxygen atoms in total. The molecule has 0 aliphatic rings. The van der Waals surface area contributed by atoms with Gasteiger partial charge in [-0.25, -0.2) is 0 Å². The summed E-state index contributed by atoms with van der Waals surface area (Å²) in [6.07, 6.45) is 0. The number of nitro groups is 1. The highest BCUT2D eigenvalue weighted by Crippen LogP contribution is 2.36. The van der Waals surface area contributed by atoms with E-state index < -0.39 is 4.92 Å². The van der Waals surface area contributed by atoms with Gasteiger partial charge in [0.2, 0.25) is 5.13 Å². The Morgan fingerprint density at radius 3 is 2.61 bits per heavy atom. The standard InChI is InChI=1S/C15H12N4O2S2/c20-19(21)12-8-4-5-9-13(12)22-15-18-17-14(23-15)16-10-11-6-2-1-3-7-11/h1-9H,10H2,(H,16,17). The number of para-hydroxylation sites is 1. The van der Waals surface area contributed by atoms with Crippen LogP contribution in [-0.2, 0) is 6.54 Å². The van der Waals surface area contributed by atoms with E-state index in [1.807, 2.05) is 30.3 Å². The number of aromatic nitrogens is 2. The molecule has 1 heterocycles. The number of nitro benzene ring substituents is 1. The molecule has 1 aromatic heterocycles. The first-order valence-corrected chi connectivity index (χ1v) is 8.38. The summed E-state index contributed by atoms with van der Waals surface area (Å²) in [7, 11) is 0. The first-order valence-electron chi connectivity index (χ1n) is 6.75. The minimum atomic E-state index is -0.391. The minimum absolute atomic E-state index is 0.0755. The van der Waals surface area contributed by atoms with Gasteiger partial charge in [-0.15, -0.1) is 10.2 Å². The summed E-state index contributed by atoms with van der Waals surface area (Å²) in [5.74, 6) is 0. The molecule has 23 heavy (non-hydrogen) atoms. The molecule has 0 radical (unpaired) electrons. The van der Waals surface area contributed by atoms with E-state index in [-0.39, 0.29) is 5.69 Å². The zero-order valence-electron chi connectivity index (χ0n) is 11.9. The fourth-order valence-corrected chi connectivity index (χ4v) is 3.69. The third-order valence-electron chi connectivity index (χ3n) is 2.95. The van der Waals surface area contributed by atoms with Crippen molar-refractivity contribution in [2.75, 3.05) is 5.32 Å². The van der Waals surface area contributed by atoms with Crippen LogP contribution in [0.3, 0.4) is 0 Å². The van der Waals surface area contributed by atoms with Crippen LogP contribution in [0.5, 0.6) is 0 Å². The van der Waals surface area contributed by atoms with Crippen molar-refractivity contribution in [1.29, 1.82) is 0 Å². The summed E-state index contributed by atoms with van der Waals surface area (Å²) in [5, 5.41) is 23.1. The topological polar surface area (TPSA) is 81.0 Å². The van der Waals surface area contributed by atoms with Crippen molar-refractivity contribution >= 4 is 33.9 Å². The maximum atomic E-state index is 11.0. The van der Waals surface area contributed by atoms with Gasteiger partial charge in [-0.05, 0) is 23.4 Å². The van der Waals surface area contributed by atoms with Crippen LogP contribution in [-0.4, -0.2) is 15.1 Å². The molecule has 0 saturated carbocycles. The molecule has 0 fully saturated rings. The normalized spacial score (nSPS) is 10.4. The Bertz CT molecular complexity index is 808. The van der Waals surface area contributed by atoms with Crippen LogP contribution in [0.4, 0.5) is 10.8 Å². The quantitative estimate of drug-likeness (QED) is 0.533. The van der Waals surface area contributed by atoms with Gasteiger partial charge < -0.3 is 5.32 Å². The molecule has 0 unspecified atom stereocenters. The summed E-state index contributed by atoms with van der Waals surface area (Å²) in [4.78, 5) is 11.2. The summed E-state index contributed by atoms with van der Waals surface area (Å²) in [6.45, 7) is 0.658. The Kier molecular flexibility index (Phi) is 4.84. The Morgan fingerprint density at radius 2 is 1.83 bits per heavy atom. The van der Waals surface area contributed by atoms with Gasteiger partial charge in [0.05, 0.1) is 9.82 Å². The average molecular weight is 344 g/mol. The van der Waals surface area contributed by atoms with Crippen molar-refractivity contribution in [3.8, 4) is 0 Å². The van der Waals surface area contributed by atoms with Gasteiger partial charge in [0.15, 0.2) is 4.34 Å². The molecule has 3 rings (SSSR count). The molecule has 116 valence electrons. The van der Waals surface area contributed by atoms with E-state index in [0.717, 1.165) is 5.56 Å². The molecule has 8 heteroatoms. The number of nitrogens with zero attached hydrogens (tertiary/aromatic N) is 3. The molecule has 2 aromatic carbocycles. The van der Waals surface area contributed by atoms with Gasteiger partial charge in [-0.3, -0.25) is 10.1 Å². The van der Waals surface area contributed by atoms with Gasteiger partial charge in [-0.1, -0.05) is 53.8 Å². The monoisotopic (exact) mass is 344 g/mol. The molecule has 0 bridgehead atoms. The lowest BCUT2D eigenvalue weighted by Crippen LogP contribution is -1.98. The highest BCUT2D eigenvalue weighted by atomic mass is 32.2. The second kappa shape index (κ2) is 7.21. The van der Waals surface area contributed by atoms with Crippen molar-refractivity contribution in [1.82, 2.24) is 10.2 Å². The molecule has 0 atom stereocenters. The van der Waals surface area contributed by atoms with Crippen LogP contribution in [0.1, 0.15) is 5.56 Å². The van der Waals surface area contributed by atoms with E-state index in [9.17, 15) is 10.1 Å². The van der Waals surface area contributed by atoms with Crippen molar-refractivity contribution in [3.63, 3.8) is 0 Å². The van der Waals surface area contributed by atoms with Gasteiger partial charge in [-0.2, -0.15) is 0 Å². The SMILES string of the molecule is O=[N+]([O-])c1ccccc1Sc1nnc(NCc2ccccc2)s1. The highest BCUT2D eigenvalue weighted by molar-refractivity contribution is 8.01. The van der Waals surface area contributed by atoms with Crippen LogP contribution in [0.15, 0.2) is 63.8 Å². The third-order valence-corrected chi connectivity index (χ3v) is 4.95. The maximum absolute atomic E-state index is 11.0. The summed E-state index contributed by atoms with van der Waals surface area (Å²) in [5.41, 5.74) is 1.22. The smallest absolute Gasteiger partial charge is 0.283 e. The second-order valence-corrected chi connectivity index (χ2v) is 6.81. The van der Waals surface area contributed by atoms with E-state index in [1.165, 1.54) is 29.2 Å². The van der Waals surface area contributed by atoms with Gasteiger partial charge >= 0.3 is 0 Å². The third kappa shape index (κ3) is 4.05. The van der Waals surface area contributed by atoms with Crippen molar-refractivity contribution in [2.45, 2.75) is 15.8 Å². The molecular formula is C15H12N4O2S2. The van der Waals surface area contributed by atoms with E-state index in [0.29, 0.717) is 20.9 Å². The highest BCUT2D eigenvalue weighted by Gasteiger charge is 2.15. The van der Waals surface area contributed by atoms with Gasteiger partial charge in [0.25, 0.3) is 5.69 Å². The van der Waals surface area contributed by atoms with Crippen molar-refractivity contribution < 1.29 is 4.92 Å². The number of rotatable bonds is 6. The van der Waals surface area contributed by atoms with Crippen LogP contribution < -0.4 is 5.32 Å². The number of hydrogen-bond acceptors (Lipinski definition) is 7. The lowest BCUT2D eigenvalue weighted by Gasteiger charge is -2.01. The van der Waals surface area contributed by atoms with Gasteiger partial charge in [0, 0.05) is 12.6 Å². The van der Waals surface area contributed by atoms with Crippen LogP contribution in [0.2, 0.25) is 0 Å². The number of hydrogen-bond donors (Lipinski definition) is 1. The molecule has 0 amide bonds. The van der Waals surface area contributed by atoms with Crippen molar-refractivity contribution in [3.05, 3.63) is 70.3 Å². The summed E-state index contributed by atoms with van der Waals surface area (Å²) < 4.78 is 0.662. The Morgan fingerprint density at radius 1 is 1.09 bits per heavy atom. The van der Waals surface area contributed by atoms with Crippen LogP contribution >= 0.6 is 23.1 Å². The van der Waals surface area contributed by atoms with Crippen LogP contribution in [0, 0.1) is 10.1 Å². The summed E-state index contributed by atoms with van der Waals surface area (Å²) in [6, 6.07) is 16.6. The van der Waals surface area contributed by atoms with E-state index >= 15 is 0 Å². The molecular weight excluding hydrogens is 332 g/mol. The second-order valence-electron chi connectivity index (χ2n) is 4.54. The molecule has 0 aliphatic carbocycles. The lowest BCUT2D eigenvalue weighted by molar-refractivity contribution is -0.387. The average Bonchev–Trinajstić information content (AvgIpc) is 3.02. The maximum Gasteiger partial charge on any atom is 0.283 e. The van der Waals surface area contributed by atoms with E-state index in [2.05, 4.69) is 15.5 Å². The summed E-state index contributed by atoms with van der Waals surface area (Å²) >= 11 is 2.62. The predicted octanol–water partition coefficient (Wildman–Crippen LogP) is 4.21. The zero-order chi connectivity index (χ0) is 16.1. The first-order chi connectivity index (χ1) is 11.2. The number of benzene rings is 2. The minimum Gasteiger partial charge on any atom is -0.356 e. The predicted molar refractivity (Wildman–Crippen MR) is 90.9 cm³/mol. The molecule has 0 spiro atoms. The van der Waals surface area contributed by atoms with Crippen molar-refractivity contribution in [2.24, 2.45) is 0 Å². The lowest BCUT2D eigenvalue weighted by atomic mass is 10.2. The largest absolute Gasteiger partial charge is 0.356 e. The Balaban J connectivity index is 1.67. The number of nitrogens with one attached hydrogen (secondary N) is 1. The fraction of sp³-hybridized carbons (Fsp3) is 0.0667.